The first-order valence-electron chi connectivity index (χ1n) is 10.3. The van der Waals surface area contributed by atoms with Crippen molar-refractivity contribution < 1.29 is 4.79 Å². The second-order valence-corrected chi connectivity index (χ2v) is 10.5. The molecule has 3 saturated carbocycles. The Morgan fingerprint density at radius 2 is 1.85 bits per heavy atom. The molecule has 3 atom stereocenters. The van der Waals surface area contributed by atoms with E-state index in [0.717, 1.165) is 6.42 Å². The third-order valence-corrected chi connectivity index (χ3v) is 8.22. The Kier molecular flexibility index (Phi) is 3.08. The smallest absolute Gasteiger partial charge is 0.228 e. The fraction of sp³-hybridized carbons (Fsp3) is 0.625. The summed E-state index contributed by atoms with van der Waals surface area (Å²) >= 11 is 0. The van der Waals surface area contributed by atoms with Gasteiger partial charge in [0.05, 0.1) is 5.41 Å². The Morgan fingerprint density at radius 1 is 1.15 bits per heavy atom. The van der Waals surface area contributed by atoms with Crippen LogP contribution in [0.4, 0.5) is 0 Å². The Bertz CT molecular complexity index is 852. The number of allylic oxidation sites excluding steroid dienone is 1. The highest BCUT2D eigenvalue weighted by Crippen LogP contribution is 2.77. The van der Waals surface area contributed by atoms with Crippen LogP contribution in [0.5, 0.6) is 0 Å². The molecule has 1 amide bonds. The monoisotopic (exact) mass is 349 g/mol. The first kappa shape index (κ1) is 16.6. The number of hydrogen-bond acceptors (Lipinski definition) is 1. The molecule has 2 bridgehead atoms. The van der Waals surface area contributed by atoms with Gasteiger partial charge in [-0.25, -0.2) is 0 Å². The minimum Gasteiger partial charge on any atom is -0.369 e. The van der Waals surface area contributed by atoms with E-state index in [9.17, 15) is 4.79 Å². The van der Waals surface area contributed by atoms with Gasteiger partial charge in [-0.2, -0.15) is 0 Å². The molecule has 0 aliphatic heterocycles. The van der Waals surface area contributed by atoms with Crippen molar-refractivity contribution in [1.82, 2.24) is 0 Å². The molecule has 2 heteroatoms. The molecule has 0 heterocycles. The van der Waals surface area contributed by atoms with Gasteiger partial charge >= 0.3 is 0 Å². The highest BCUT2D eigenvalue weighted by atomic mass is 16.1. The predicted molar refractivity (Wildman–Crippen MR) is 106 cm³/mol. The molecule has 138 valence electrons. The summed E-state index contributed by atoms with van der Waals surface area (Å²) in [4.78, 5) is 13.2. The van der Waals surface area contributed by atoms with Crippen LogP contribution in [0.3, 0.4) is 0 Å². The standard InChI is InChI=1S/C24H31NO/c1-14-9-15-11-18(22(2,3)4)13-20(19(15)10-14)24(21(25)26)17-6-5-16(12-17)23(24)7-8-23/h9,11,13,16-17H,5-8,10,12H2,1-4H3,(H2,25,26). The van der Waals surface area contributed by atoms with Gasteiger partial charge in [-0.05, 0) is 90.4 Å². The molecule has 0 saturated heterocycles. The molecule has 1 spiro atoms. The van der Waals surface area contributed by atoms with E-state index in [4.69, 9.17) is 5.73 Å². The molecule has 3 unspecified atom stereocenters. The second kappa shape index (κ2) is 4.82. The lowest BCUT2D eigenvalue weighted by Gasteiger charge is -2.44. The summed E-state index contributed by atoms with van der Waals surface area (Å²) in [5, 5.41) is 0. The molecule has 26 heavy (non-hydrogen) atoms. The van der Waals surface area contributed by atoms with E-state index in [1.54, 1.807) is 0 Å². The van der Waals surface area contributed by atoms with Gasteiger partial charge < -0.3 is 5.73 Å². The van der Waals surface area contributed by atoms with Crippen molar-refractivity contribution in [2.24, 2.45) is 23.0 Å². The van der Waals surface area contributed by atoms with Crippen LogP contribution >= 0.6 is 0 Å². The van der Waals surface area contributed by atoms with E-state index in [-0.39, 0.29) is 16.7 Å². The van der Waals surface area contributed by atoms with Crippen molar-refractivity contribution in [3.8, 4) is 0 Å². The molecule has 2 N–H and O–H groups in total. The number of amides is 1. The summed E-state index contributed by atoms with van der Waals surface area (Å²) in [6.45, 7) is 9.03. The SMILES string of the molecule is CC1=Cc2cc(C(C)(C)C)cc(C3(C(N)=O)C4CCC(C4)C34CC4)c2C1. The highest BCUT2D eigenvalue weighted by Gasteiger charge is 2.75. The van der Waals surface area contributed by atoms with Crippen LogP contribution in [0.15, 0.2) is 17.7 Å². The van der Waals surface area contributed by atoms with Crippen LogP contribution in [-0.4, -0.2) is 5.91 Å². The van der Waals surface area contributed by atoms with Crippen molar-refractivity contribution in [2.75, 3.05) is 0 Å². The summed E-state index contributed by atoms with van der Waals surface area (Å²) in [6.07, 6.45) is 9.39. The molecule has 5 rings (SSSR count). The van der Waals surface area contributed by atoms with Crippen LogP contribution in [0.1, 0.15) is 82.1 Å². The van der Waals surface area contributed by atoms with Gasteiger partial charge in [0.2, 0.25) is 5.91 Å². The van der Waals surface area contributed by atoms with Crippen LogP contribution in [0.25, 0.3) is 6.08 Å². The number of nitrogens with two attached hydrogens (primary N) is 1. The largest absolute Gasteiger partial charge is 0.369 e. The quantitative estimate of drug-likeness (QED) is 0.813. The van der Waals surface area contributed by atoms with Crippen molar-refractivity contribution >= 4 is 12.0 Å². The fourth-order valence-electron chi connectivity index (χ4n) is 7.01. The first-order chi connectivity index (χ1) is 12.2. The zero-order valence-electron chi connectivity index (χ0n) is 16.6. The number of rotatable bonds is 2. The molecule has 1 aromatic rings. The molecule has 1 aromatic carbocycles. The Labute approximate surface area is 157 Å². The number of hydrogen-bond donors (Lipinski definition) is 1. The number of fused-ring (bicyclic) bond motifs is 4. The zero-order chi connectivity index (χ0) is 18.5. The van der Waals surface area contributed by atoms with Crippen molar-refractivity contribution in [3.05, 3.63) is 40.0 Å². The summed E-state index contributed by atoms with van der Waals surface area (Å²) in [6, 6.07) is 4.74. The van der Waals surface area contributed by atoms with Crippen LogP contribution < -0.4 is 5.73 Å². The van der Waals surface area contributed by atoms with Crippen LogP contribution in [0.2, 0.25) is 0 Å². The third kappa shape index (κ3) is 1.81. The van der Waals surface area contributed by atoms with E-state index >= 15 is 0 Å². The average molecular weight is 350 g/mol. The number of primary amides is 1. The molecule has 4 aliphatic rings. The Balaban J connectivity index is 1.80. The average Bonchev–Trinajstić information content (AvgIpc) is 2.91. The maximum Gasteiger partial charge on any atom is 0.228 e. The molecular formula is C24H31NO. The number of carbonyl (C=O) groups is 1. The van der Waals surface area contributed by atoms with Gasteiger partial charge in [-0.15, -0.1) is 0 Å². The van der Waals surface area contributed by atoms with Crippen molar-refractivity contribution in [3.63, 3.8) is 0 Å². The topological polar surface area (TPSA) is 43.1 Å². The van der Waals surface area contributed by atoms with E-state index in [1.165, 1.54) is 59.9 Å². The third-order valence-electron chi connectivity index (χ3n) is 8.22. The van der Waals surface area contributed by atoms with E-state index < -0.39 is 5.41 Å². The van der Waals surface area contributed by atoms with Crippen LogP contribution in [0, 0.1) is 17.3 Å². The van der Waals surface area contributed by atoms with Crippen LogP contribution in [-0.2, 0) is 22.0 Å². The Morgan fingerprint density at radius 3 is 2.46 bits per heavy atom. The summed E-state index contributed by atoms with van der Waals surface area (Å²) in [5.74, 6) is 1.12. The predicted octanol–water partition coefficient (Wildman–Crippen LogP) is 4.88. The van der Waals surface area contributed by atoms with Crippen molar-refractivity contribution in [2.45, 2.75) is 77.0 Å². The summed E-state index contributed by atoms with van der Waals surface area (Å²) < 4.78 is 0. The number of carbonyl (C=O) groups excluding carboxylic acids is 1. The molecule has 4 aliphatic carbocycles. The zero-order valence-corrected chi connectivity index (χ0v) is 16.6. The molecule has 3 fully saturated rings. The number of benzene rings is 1. The lowest BCUT2D eigenvalue weighted by Crippen LogP contribution is -2.53. The van der Waals surface area contributed by atoms with Gasteiger partial charge in [0.15, 0.2) is 0 Å². The summed E-state index contributed by atoms with van der Waals surface area (Å²) in [5.41, 5.74) is 12.9. The van der Waals surface area contributed by atoms with Gasteiger partial charge in [-0.3, -0.25) is 4.79 Å². The highest BCUT2D eigenvalue weighted by molar-refractivity contribution is 5.91. The minimum absolute atomic E-state index is 0.0417. The maximum absolute atomic E-state index is 13.2. The molecule has 0 aromatic heterocycles. The van der Waals surface area contributed by atoms with E-state index in [0.29, 0.717) is 11.8 Å². The van der Waals surface area contributed by atoms with E-state index in [1.807, 2.05) is 0 Å². The normalized spacial score (nSPS) is 33.5. The lowest BCUT2D eigenvalue weighted by atomic mass is 9.57. The van der Waals surface area contributed by atoms with Gasteiger partial charge in [-0.1, -0.05) is 44.6 Å². The Hall–Kier alpha value is -1.57. The maximum atomic E-state index is 13.2. The lowest BCUT2D eigenvalue weighted by molar-refractivity contribution is -0.128. The minimum atomic E-state index is -0.417. The van der Waals surface area contributed by atoms with Crippen molar-refractivity contribution in [1.29, 1.82) is 0 Å². The van der Waals surface area contributed by atoms with E-state index in [2.05, 4.69) is 45.9 Å². The van der Waals surface area contributed by atoms with Gasteiger partial charge in [0.25, 0.3) is 0 Å². The van der Waals surface area contributed by atoms with Gasteiger partial charge in [0.1, 0.15) is 0 Å². The fourth-order valence-corrected chi connectivity index (χ4v) is 7.01. The summed E-state index contributed by atoms with van der Waals surface area (Å²) in [7, 11) is 0. The second-order valence-electron chi connectivity index (χ2n) is 10.5. The first-order valence-corrected chi connectivity index (χ1v) is 10.3. The molecular weight excluding hydrogens is 318 g/mol. The van der Waals surface area contributed by atoms with Gasteiger partial charge in [0, 0.05) is 0 Å². The molecule has 0 radical (unpaired) electrons. The molecule has 2 nitrogen and oxygen atoms in total.